The standard InChI is InChI=1S/C23H27NO3/c1-3-15-23(16-4-2)21(25)24(19-13-9-6-10-14-19)20(27-22(23)26)17-18-11-7-5-8-12-18/h3-5,7-8,11-12,17,19H,1-2,6,9-10,13-16H2/b20-17-. The van der Waals surface area contributed by atoms with Gasteiger partial charge in [-0.25, -0.2) is 0 Å². The SMILES string of the molecule is C=CCC1(CC=C)C(=O)O/C(=C\c2ccccc2)N(C2CCCCC2)C1=O. The van der Waals surface area contributed by atoms with E-state index in [1.807, 2.05) is 30.3 Å². The minimum Gasteiger partial charge on any atom is -0.408 e. The Labute approximate surface area is 161 Å². The van der Waals surface area contributed by atoms with Crippen LogP contribution in [0.5, 0.6) is 0 Å². The van der Waals surface area contributed by atoms with E-state index in [0.717, 1.165) is 31.2 Å². The second kappa shape index (κ2) is 8.38. The lowest BCUT2D eigenvalue weighted by atomic mass is 9.77. The molecule has 27 heavy (non-hydrogen) atoms. The quantitative estimate of drug-likeness (QED) is 0.412. The number of carbonyl (C=O) groups excluding carboxylic acids is 2. The molecule has 2 aliphatic rings. The van der Waals surface area contributed by atoms with Crippen LogP contribution in [0.1, 0.15) is 50.5 Å². The Balaban J connectivity index is 2.05. The Hall–Kier alpha value is -2.62. The van der Waals surface area contributed by atoms with Crippen LogP contribution in [-0.4, -0.2) is 22.8 Å². The van der Waals surface area contributed by atoms with Crippen LogP contribution in [0.4, 0.5) is 0 Å². The molecule has 0 N–H and O–H groups in total. The van der Waals surface area contributed by atoms with Crippen LogP contribution < -0.4 is 0 Å². The molecule has 0 radical (unpaired) electrons. The van der Waals surface area contributed by atoms with E-state index in [-0.39, 0.29) is 24.8 Å². The highest BCUT2D eigenvalue weighted by atomic mass is 16.6. The summed E-state index contributed by atoms with van der Waals surface area (Å²) in [7, 11) is 0. The third-order valence-electron chi connectivity index (χ3n) is 5.47. The van der Waals surface area contributed by atoms with Gasteiger partial charge in [0, 0.05) is 12.1 Å². The van der Waals surface area contributed by atoms with Crippen molar-refractivity contribution < 1.29 is 14.3 Å². The van der Waals surface area contributed by atoms with Crippen molar-refractivity contribution in [2.45, 2.75) is 51.0 Å². The van der Waals surface area contributed by atoms with E-state index in [4.69, 9.17) is 4.74 Å². The van der Waals surface area contributed by atoms with Gasteiger partial charge in [0.1, 0.15) is 0 Å². The monoisotopic (exact) mass is 365 g/mol. The fourth-order valence-corrected chi connectivity index (χ4v) is 4.05. The van der Waals surface area contributed by atoms with Gasteiger partial charge < -0.3 is 4.74 Å². The van der Waals surface area contributed by atoms with Gasteiger partial charge in [-0.05, 0) is 31.2 Å². The molecule has 3 rings (SSSR count). The average molecular weight is 365 g/mol. The Morgan fingerprint density at radius 2 is 1.67 bits per heavy atom. The number of ether oxygens (including phenoxy) is 1. The lowest BCUT2D eigenvalue weighted by Crippen LogP contribution is -2.57. The Morgan fingerprint density at radius 1 is 1.04 bits per heavy atom. The van der Waals surface area contributed by atoms with Crippen molar-refractivity contribution in [2.24, 2.45) is 5.41 Å². The summed E-state index contributed by atoms with van der Waals surface area (Å²) in [5.74, 6) is -0.360. The molecule has 1 saturated carbocycles. The second-order valence-electron chi connectivity index (χ2n) is 7.32. The third-order valence-corrected chi connectivity index (χ3v) is 5.47. The molecule has 1 amide bonds. The third kappa shape index (κ3) is 3.75. The van der Waals surface area contributed by atoms with Crippen LogP contribution in [0, 0.1) is 5.41 Å². The molecule has 0 aromatic heterocycles. The number of amides is 1. The van der Waals surface area contributed by atoms with Crippen molar-refractivity contribution in [2.75, 3.05) is 0 Å². The number of carbonyl (C=O) groups is 2. The van der Waals surface area contributed by atoms with E-state index in [1.165, 1.54) is 6.42 Å². The lowest BCUT2D eigenvalue weighted by molar-refractivity contribution is -0.176. The first-order chi connectivity index (χ1) is 13.1. The first kappa shape index (κ1) is 19.2. The molecule has 0 atom stereocenters. The molecule has 4 heteroatoms. The molecule has 1 saturated heterocycles. The van der Waals surface area contributed by atoms with E-state index in [2.05, 4.69) is 13.2 Å². The molecular weight excluding hydrogens is 338 g/mol. The first-order valence-electron chi connectivity index (χ1n) is 9.67. The zero-order valence-electron chi connectivity index (χ0n) is 15.7. The van der Waals surface area contributed by atoms with E-state index >= 15 is 0 Å². The molecule has 4 nitrogen and oxygen atoms in total. The molecule has 0 unspecified atom stereocenters. The predicted molar refractivity (Wildman–Crippen MR) is 106 cm³/mol. The average Bonchev–Trinajstić information content (AvgIpc) is 2.68. The zero-order valence-corrected chi connectivity index (χ0v) is 15.7. The highest BCUT2D eigenvalue weighted by Crippen LogP contribution is 2.41. The fourth-order valence-electron chi connectivity index (χ4n) is 4.05. The summed E-state index contributed by atoms with van der Waals surface area (Å²) in [5.41, 5.74) is -0.358. The molecule has 1 aliphatic heterocycles. The Kier molecular flexibility index (Phi) is 5.94. The summed E-state index contributed by atoms with van der Waals surface area (Å²) in [4.78, 5) is 28.3. The minimum atomic E-state index is -1.25. The number of rotatable bonds is 6. The van der Waals surface area contributed by atoms with Gasteiger partial charge in [-0.15, -0.1) is 13.2 Å². The lowest BCUT2D eigenvalue weighted by Gasteiger charge is -2.44. The number of cyclic esters (lactones) is 1. The summed E-state index contributed by atoms with van der Waals surface area (Å²) in [6.07, 6.45) is 10.7. The maximum absolute atomic E-state index is 13.6. The summed E-state index contributed by atoms with van der Waals surface area (Å²) < 4.78 is 5.78. The summed E-state index contributed by atoms with van der Waals surface area (Å²) in [5, 5.41) is 0. The van der Waals surface area contributed by atoms with E-state index in [0.29, 0.717) is 5.88 Å². The smallest absolute Gasteiger partial charge is 0.328 e. The molecule has 1 aromatic carbocycles. The number of hydrogen-bond donors (Lipinski definition) is 0. The predicted octanol–water partition coefficient (Wildman–Crippen LogP) is 4.84. The van der Waals surface area contributed by atoms with Crippen LogP contribution >= 0.6 is 0 Å². The number of nitrogens with zero attached hydrogens (tertiary/aromatic N) is 1. The van der Waals surface area contributed by atoms with Crippen LogP contribution in [0.25, 0.3) is 6.08 Å². The van der Waals surface area contributed by atoms with Crippen LogP contribution in [0.3, 0.4) is 0 Å². The van der Waals surface area contributed by atoms with Crippen LogP contribution in [0.15, 0.2) is 61.5 Å². The molecule has 0 spiro atoms. The second-order valence-corrected chi connectivity index (χ2v) is 7.32. The molecule has 142 valence electrons. The van der Waals surface area contributed by atoms with Crippen LogP contribution in [-0.2, 0) is 14.3 Å². The highest BCUT2D eigenvalue weighted by Gasteiger charge is 2.54. The number of allylic oxidation sites excluding steroid dienone is 2. The number of hydrogen-bond acceptors (Lipinski definition) is 3. The maximum Gasteiger partial charge on any atom is 0.328 e. The maximum atomic E-state index is 13.6. The zero-order chi connectivity index (χ0) is 19.3. The van der Waals surface area contributed by atoms with Gasteiger partial charge in [0.05, 0.1) is 0 Å². The van der Waals surface area contributed by atoms with E-state index < -0.39 is 11.4 Å². The molecule has 1 heterocycles. The van der Waals surface area contributed by atoms with Gasteiger partial charge in [-0.2, -0.15) is 0 Å². The molecule has 0 bridgehead atoms. The molecule has 1 aromatic rings. The number of benzene rings is 1. The summed E-state index contributed by atoms with van der Waals surface area (Å²) in [6, 6.07) is 9.69. The highest BCUT2D eigenvalue weighted by molar-refractivity contribution is 6.06. The molecule has 2 fully saturated rings. The molecule has 1 aliphatic carbocycles. The summed E-state index contributed by atoms with van der Waals surface area (Å²) >= 11 is 0. The minimum absolute atomic E-state index is 0.0586. The van der Waals surface area contributed by atoms with Crippen molar-refractivity contribution in [1.82, 2.24) is 4.90 Å². The molecular formula is C23H27NO3. The summed E-state index contributed by atoms with van der Waals surface area (Å²) in [6.45, 7) is 7.50. The van der Waals surface area contributed by atoms with Crippen molar-refractivity contribution in [1.29, 1.82) is 0 Å². The first-order valence-corrected chi connectivity index (χ1v) is 9.67. The van der Waals surface area contributed by atoms with Crippen molar-refractivity contribution in [3.8, 4) is 0 Å². The number of esters is 1. The largest absolute Gasteiger partial charge is 0.408 e. The van der Waals surface area contributed by atoms with Crippen molar-refractivity contribution in [3.05, 3.63) is 67.1 Å². The van der Waals surface area contributed by atoms with Gasteiger partial charge >= 0.3 is 5.97 Å². The van der Waals surface area contributed by atoms with E-state index in [9.17, 15) is 9.59 Å². The van der Waals surface area contributed by atoms with E-state index in [1.54, 1.807) is 23.1 Å². The van der Waals surface area contributed by atoms with Gasteiger partial charge in [0.15, 0.2) is 5.41 Å². The fraction of sp³-hybridized carbons (Fsp3) is 0.391. The topological polar surface area (TPSA) is 46.6 Å². The van der Waals surface area contributed by atoms with Gasteiger partial charge in [-0.3, -0.25) is 14.5 Å². The normalized spacial score (nSPS) is 21.8. The van der Waals surface area contributed by atoms with Crippen molar-refractivity contribution >= 4 is 18.0 Å². The Morgan fingerprint density at radius 3 is 2.26 bits per heavy atom. The Bertz CT molecular complexity index is 734. The van der Waals surface area contributed by atoms with Gasteiger partial charge in [0.2, 0.25) is 11.8 Å². The van der Waals surface area contributed by atoms with Gasteiger partial charge in [-0.1, -0.05) is 61.7 Å². The van der Waals surface area contributed by atoms with Crippen molar-refractivity contribution in [3.63, 3.8) is 0 Å². The van der Waals surface area contributed by atoms with Crippen LogP contribution in [0.2, 0.25) is 0 Å². The van der Waals surface area contributed by atoms with Gasteiger partial charge in [0.25, 0.3) is 0 Å².